The van der Waals surface area contributed by atoms with Crippen LogP contribution >= 0.6 is 0 Å². The van der Waals surface area contributed by atoms with Gasteiger partial charge in [-0.2, -0.15) is 0 Å². The predicted molar refractivity (Wildman–Crippen MR) is 90.1 cm³/mol. The highest BCUT2D eigenvalue weighted by Crippen LogP contribution is 2.30. The smallest absolute Gasteiger partial charge is 0.0701 e. The number of nitrogens with two attached hydrogens (primary N) is 1. The Hall–Kier alpha value is -0.720. The number of hydrogen-bond donors (Lipinski definition) is 1. The van der Waals surface area contributed by atoms with E-state index in [0.717, 1.165) is 19.3 Å². The lowest BCUT2D eigenvalue weighted by atomic mass is 9.78. The van der Waals surface area contributed by atoms with Crippen LogP contribution in [0.2, 0.25) is 0 Å². The zero-order chi connectivity index (χ0) is 16.5. The van der Waals surface area contributed by atoms with E-state index >= 15 is 0 Å². The number of methoxy groups -OCH3 is 1. The van der Waals surface area contributed by atoms with Crippen molar-refractivity contribution in [1.29, 1.82) is 0 Å². The second-order valence-corrected chi connectivity index (χ2v) is 5.27. The van der Waals surface area contributed by atoms with Gasteiger partial charge in [0.05, 0.1) is 39.6 Å². The first kappa shape index (κ1) is 21.3. The molecule has 0 aromatic carbocycles. The summed E-state index contributed by atoms with van der Waals surface area (Å²) in [6.45, 7) is 12.4. The molecule has 0 aromatic rings. The summed E-state index contributed by atoms with van der Waals surface area (Å²) in [6, 6.07) is 0. The zero-order valence-electron chi connectivity index (χ0n) is 14.1. The zero-order valence-corrected chi connectivity index (χ0v) is 14.1. The third kappa shape index (κ3) is 10.9. The second kappa shape index (κ2) is 15.2. The molecular weight excluding hydrogens is 282 g/mol. The maximum atomic E-state index is 5.91. The molecule has 0 amide bonds. The van der Waals surface area contributed by atoms with Gasteiger partial charge < -0.3 is 24.7 Å². The Morgan fingerprint density at radius 2 is 1.27 bits per heavy atom. The summed E-state index contributed by atoms with van der Waals surface area (Å²) >= 11 is 0. The summed E-state index contributed by atoms with van der Waals surface area (Å²) in [4.78, 5) is 0. The summed E-state index contributed by atoms with van der Waals surface area (Å²) in [5.41, 5.74) is 5.94. The van der Waals surface area contributed by atoms with Crippen LogP contribution in [0.5, 0.6) is 0 Å². The molecule has 0 bridgehead atoms. The Morgan fingerprint density at radius 1 is 0.818 bits per heavy atom. The van der Waals surface area contributed by atoms with Gasteiger partial charge in [-0.25, -0.2) is 0 Å². The minimum atomic E-state index is 0.0273. The molecule has 0 aliphatic heterocycles. The monoisotopic (exact) mass is 315 g/mol. The van der Waals surface area contributed by atoms with Crippen LogP contribution in [0.4, 0.5) is 0 Å². The fraction of sp³-hybridized carbons (Fsp3) is 0.765. The number of hydrogen-bond acceptors (Lipinski definition) is 5. The van der Waals surface area contributed by atoms with Gasteiger partial charge in [-0.05, 0) is 31.2 Å². The van der Waals surface area contributed by atoms with Gasteiger partial charge in [0.15, 0.2) is 0 Å². The number of allylic oxidation sites excluding steroid dienone is 2. The third-order valence-corrected chi connectivity index (χ3v) is 3.54. The van der Waals surface area contributed by atoms with Crippen LogP contribution in [-0.2, 0) is 18.9 Å². The minimum Gasteiger partial charge on any atom is -0.382 e. The highest BCUT2D eigenvalue weighted by molar-refractivity contribution is 4.92. The Morgan fingerprint density at radius 3 is 1.68 bits per heavy atom. The highest BCUT2D eigenvalue weighted by atomic mass is 16.6. The standard InChI is InChI=1S/C17H33NO4/c1-4-6-17(16-18,7-5-2)8-9-20-12-13-22-15-14-21-11-10-19-3/h4-5H,1-2,6-16,18H2,3H3. The molecule has 0 fully saturated rings. The molecule has 0 aromatic heterocycles. The van der Waals surface area contributed by atoms with Crippen LogP contribution in [0.25, 0.3) is 0 Å². The Labute approximate surface area is 135 Å². The van der Waals surface area contributed by atoms with Crippen LogP contribution in [0.3, 0.4) is 0 Å². The van der Waals surface area contributed by atoms with Crippen molar-refractivity contribution < 1.29 is 18.9 Å². The molecule has 2 N–H and O–H groups in total. The molecule has 5 nitrogen and oxygen atoms in total. The quantitative estimate of drug-likeness (QED) is 0.329. The highest BCUT2D eigenvalue weighted by Gasteiger charge is 2.25. The molecule has 22 heavy (non-hydrogen) atoms. The van der Waals surface area contributed by atoms with Crippen molar-refractivity contribution >= 4 is 0 Å². The van der Waals surface area contributed by atoms with E-state index in [2.05, 4.69) is 13.2 Å². The SMILES string of the molecule is C=CCC(CN)(CC=C)CCOCCOCCOCCOC. The summed E-state index contributed by atoms with van der Waals surface area (Å²) < 4.78 is 21.2. The van der Waals surface area contributed by atoms with Crippen molar-refractivity contribution in [2.75, 3.05) is 59.9 Å². The Kier molecular flexibility index (Phi) is 14.7. The van der Waals surface area contributed by atoms with Gasteiger partial charge in [0.25, 0.3) is 0 Å². The van der Waals surface area contributed by atoms with E-state index < -0.39 is 0 Å². The topological polar surface area (TPSA) is 62.9 Å². The van der Waals surface area contributed by atoms with Gasteiger partial charge in [-0.15, -0.1) is 13.2 Å². The lowest BCUT2D eigenvalue weighted by molar-refractivity contribution is -0.000293. The Balaban J connectivity index is 3.57. The summed E-state index contributed by atoms with van der Waals surface area (Å²) in [5, 5.41) is 0. The molecule has 0 rings (SSSR count). The van der Waals surface area contributed by atoms with Crippen molar-refractivity contribution in [3.63, 3.8) is 0 Å². The lowest BCUT2D eigenvalue weighted by Crippen LogP contribution is -2.31. The van der Waals surface area contributed by atoms with Crippen molar-refractivity contribution in [1.82, 2.24) is 0 Å². The first-order chi connectivity index (χ1) is 10.7. The van der Waals surface area contributed by atoms with Crippen molar-refractivity contribution in [2.45, 2.75) is 19.3 Å². The fourth-order valence-electron chi connectivity index (χ4n) is 2.14. The number of ether oxygens (including phenoxy) is 4. The largest absolute Gasteiger partial charge is 0.382 e. The van der Waals surface area contributed by atoms with Gasteiger partial charge in [-0.1, -0.05) is 12.2 Å². The van der Waals surface area contributed by atoms with E-state index in [1.54, 1.807) is 7.11 Å². The first-order valence-electron chi connectivity index (χ1n) is 7.88. The van der Waals surface area contributed by atoms with E-state index in [1.807, 2.05) is 12.2 Å². The second-order valence-electron chi connectivity index (χ2n) is 5.27. The predicted octanol–water partition coefficient (Wildman–Crippen LogP) is 2.17. The van der Waals surface area contributed by atoms with E-state index in [9.17, 15) is 0 Å². The molecule has 0 aliphatic carbocycles. The van der Waals surface area contributed by atoms with Gasteiger partial charge in [0, 0.05) is 13.7 Å². The van der Waals surface area contributed by atoms with Crippen molar-refractivity contribution in [3.8, 4) is 0 Å². The molecule has 0 aliphatic rings. The average Bonchev–Trinajstić information content (AvgIpc) is 2.53. The van der Waals surface area contributed by atoms with Gasteiger partial charge in [0.2, 0.25) is 0 Å². The van der Waals surface area contributed by atoms with Crippen LogP contribution in [0.1, 0.15) is 19.3 Å². The maximum Gasteiger partial charge on any atom is 0.0701 e. The molecular formula is C17H33NO4. The van der Waals surface area contributed by atoms with Gasteiger partial charge >= 0.3 is 0 Å². The lowest BCUT2D eigenvalue weighted by Gasteiger charge is -2.30. The van der Waals surface area contributed by atoms with Gasteiger partial charge in [-0.3, -0.25) is 0 Å². The molecule has 0 atom stereocenters. The Bertz CT molecular complexity index is 261. The van der Waals surface area contributed by atoms with E-state index in [4.69, 9.17) is 24.7 Å². The molecule has 130 valence electrons. The van der Waals surface area contributed by atoms with Crippen LogP contribution < -0.4 is 5.73 Å². The molecule has 5 heteroatoms. The molecule has 0 saturated heterocycles. The molecule has 0 saturated carbocycles. The van der Waals surface area contributed by atoms with Crippen molar-refractivity contribution in [2.24, 2.45) is 11.1 Å². The molecule has 0 spiro atoms. The van der Waals surface area contributed by atoms with Crippen LogP contribution in [-0.4, -0.2) is 59.9 Å². The van der Waals surface area contributed by atoms with Gasteiger partial charge in [0.1, 0.15) is 0 Å². The molecule has 0 radical (unpaired) electrons. The number of rotatable bonds is 17. The van der Waals surface area contributed by atoms with Crippen LogP contribution in [0, 0.1) is 5.41 Å². The third-order valence-electron chi connectivity index (χ3n) is 3.54. The normalized spacial score (nSPS) is 11.5. The molecule has 0 heterocycles. The first-order valence-corrected chi connectivity index (χ1v) is 7.88. The molecule has 0 unspecified atom stereocenters. The summed E-state index contributed by atoms with van der Waals surface area (Å²) in [6.07, 6.45) is 6.51. The fourth-order valence-corrected chi connectivity index (χ4v) is 2.14. The van der Waals surface area contributed by atoms with E-state index in [1.165, 1.54) is 0 Å². The van der Waals surface area contributed by atoms with Crippen molar-refractivity contribution in [3.05, 3.63) is 25.3 Å². The minimum absolute atomic E-state index is 0.0273. The van der Waals surface area contributed by atoms with E-state index in [0.29, 0.717) is 52.8 Å². The van der Waals surface area contributed by atoms with E-state index in [-0.39, 0.29) is 5.41 Å². The summed E-state index contributed by atoms with van der Waals surface area (Å²) in [7, 11) is 1.65. The maximum absolute atomic E-state index is 5.91. The van der Waals surface area contributed by atoms with Crippen LogP contribution in [0.15, 0.2) is 25.3 Å². The summed E-state index contributed by atoms with van der Waals surface area (Å²) in [5.74, 6) is 0. The average molecular weight is 315 g/mol.